The molecule has 0 saturated carbocycles. The van der Waals surface area contributed by atoms with Gasteiger partial charge in [-0.05, 0) is 18.2 Å². The largest absolute Gasteiger partial charge is 0.383 e. The van der Waals surface area contributed by atoms with Crippen LogP contribution in [0.5, 0.6) is 0 Å². The summed E-state index contributed by atoms with van der Waals surface area (Å²) in [6.45, 7) is 0. The zero-order valence-corrected chi connectivity index (χ0v) is 19.2. The Kier molecular flexibility index (Phi) is 5.41. The molecule has 0 aliphatic rings. The Morgan fingerprint density at radius 3 is 2.54 bits per heavy atom. The molecule has 0 amide bonds. The molecule has 0 spiro atoms. The first-order valence-electron chi connectivity index (χ1n) is 10.3. The minimum absolute atomic E-state index is 0.0450. The average Bonchev–Trinajstić information content (AvgIpc) is 3.28. The quantitative estimate of drug-likeness (QED) is 0.265. The van der Waals surface area contributed by atoms with Crippen molar-refractivity contribution in [2.24, 2.45) is 0 Å². The number of nitrogen functional groups attached to an aromatic ring is 1. The number of aromatic nitrogens is 6. The molecule has 0 fully saturated rings. The number of hydrogen-bond donors (Lipinski definition) is 4. The van der Waals surface area contributed by atoms with Crippen LogP contribution < -0.4 is 10.5 Å². The van der Waals surface area contributed by atoms with E-state index >= 15 is 0 Å². The third-order valence-corrected chi connectivity index (χ3v) is 5.77. The fourth-order valence-electron chi connectivity index (χ4n) is 3.61. The lowest BCUT2D eigenvalue weighted by Gasteiger charge is -2.09. The Hall–Kier alpha value is -4.71. The summed E-state index contributed by atoms with van der Waals surface area (Å²) < 4.78 is 25.5. The molecule has 0 atom stereocenters. The maximum Gasteiger partial charge on any atom is 0.229 e. The summed E-state index contributed by atoms with van der Waals surface area (Å²) in [5.74, 6) is 0.456. The van der Waals surface area contributed by atoms with Crippen LogP contribution in [0.1, 0.15) is 11.4 Å². The molecule has 0 unspecified atom stereocenters. The number of nitrogens with zero attached hydrogens (tertiary/aromatic N) is 5. The van der Waals surface area contributed by atoms with E-state index in [1.165, 1.54) is 12.4 Å². The van der Waals surface area contributed by atoms with Gasteiger partial charge >= 0.3 is 0 Å². The number of imidazole rings is 1. The number of fused-ring (bicyclic) bond motifs is 1. The van der Waals surface area contributed by atoms with Crippen molar-refractivity contribution < 1.29 is 8.42 Å². The van der Waals surface area contributed by atoms with E-state index in [2.05, 4.69) is 34.6 Å². The summed E-state index contributed by atoms with van der Waals surface area (Å²) in [4.78, 5) is 24.5. The molecular weight excluding hydrogens is 466 g/mol. The molecule has 0 saturated heterocycles. The van der Waals surface area contributed by atoms with E-state index in [1.54, 1.807) is 43.1 Å². The predicted molar refractivity (Wildman–Crippen MR) is 133 cm³/mol. The molecule has 5 heterocycles. The normalized spacial score (nSPS) is 11.5. The molecule has 0 aliphatic heterocycles. The molecule has 5 N–H and O–H groups in total. The van der Waals surface area contributed by atoms with Crippen LogP contribution in [0.3, 0.4) is 0 Å². The molecule has 5 aromatic rings. The van der Waals surface area contributed by atoms with E-state index in [-0.39, 0.29) is 11.5 Å². The number of hydrogen-bond acceptors (Lipinski definition) is 9. The number of anilines is 2. The maximum atomic E-state index is 11.6. The molecule has 5 rings (SSSR count). The van der Waals surface area contributed by atoms with Crippen molar-refractivity contribution in [3.05, 3.63) is 79.0 Å². The van der Waals surface area contributed by atoms with Crippen molar-refractivity contribution in [3.8, 4) is 22.3 Å². The summed E-state index contributed by atoms with van der Waals surface area (Å²) in [5.41, 5.74) is 11.0. The highest BCUT2D eigenvalue weighted by atomic mass is 32.2. The monoisotopic (exact) mass is 485 g/mol. The third-order valence-electron chi connectivity index (χ3n) is 5.17. The highest BCUT2D eigenvalue weighted by Crippen LogP contribution is 2.28. The predicted octanol–water partition coefficient (Wildman–Crippen LogP) is 2.85. The van der Waals surface area contributed by atoms with Crippen molar-refractivity contribution in [3.63, 3.8) is 0 Å². The Bertz CT molecular complexity index is 1680. The molecular formula is C23H19N9O2S. The lowest BCUT2D eigenvalue weighted by Crippen LogP contribution is -2.10. The van der Waals surface area contributed by atoms with Crippen molar-refractivity contribution in [1.29, 1.82) is 5.41 Å². The number of rotatable bonds is 6. The summed E-state index contributed by atoms with van der Waals surface area (Å²) in [7, 11) is -3.46. The number of aromatic amines is 1. The van der Waals surface area contributed by atoms with E-state index in [1.807, 2.05) is 12.1 Å². The van der Waals surface area contributed by atoms with Gasteiger partial charge in [-0.25, -0.2) is 18.4 Å². The summed E-state index contributed by atoms with van der Waals surface area (Å²) in [6, 6.07) is 7.06. The standard InChI is InChI=1S/C23H19N9O2S/c1-35(33,34)32-16-5-14(8-27-10-16)15-6-17(22(25)29-9-15)20(24)23-30-19-12-28-11-18(21(19)31-23)13-3-2-4-26-7-13/h2-12,24,32H,1H3,(H2,25,29)(H,30,31). The second kappa shape index (κ2) is 8.57. The van der Waals surface area contributed by atoms with E-state index < -0.39 is 10.0 Å². The van der Waals surface area contributed by atoms with E-state index in [0.29, 0.717) is 39.2 Å². The van der Waals surface area contributed by atoms with Crippen molar-refractivity contribution >= 4 is 38.3 Å². The molecule has 0 bridgehead atoms. The van der Waals surface area contributed by atoms with Gasteiger partial charge < -0.3 is 10.7 Å². The number of sulfonamides is 1. The Morgan fingerprint density at radius 2 is 1.77 bits per heavy atom. The maximum absolute atomic E-state index is 11.6. The smallest absolute Gasteiger partial charge is 0.229 e. The van der Waals surface area contributed by atoms with E-state index in [4.69, 9.17) is 11.1 Å². The van der Waals surface area contributed by atoms with Gasteiger partial charge in [0.1, 0.15) is 17.0 Å². The SMILES string of the molecule is CS(=O)(=O)Nc1cncc(-c2cnc(N)c(C(=N)c3nc4c(-c5cccnc5)cncc4[nH]3)c2)c1. The van der Waals surface area contributed by atoms with Gasteiger partial charge in [0.15, 0.2) is 5.82 Å². The zero-order valence-electron chi connectivity index (χ0n) is 18.4. The van der Waals surface area contributed by atoms with Crippen molar-refractivity contribution in [1.82, 2.24) is 29.9 Å². The first kappa shape index (κ1) is 22.1. The van der Waals surface area contributed by atoms with Gasteiger partial charge in [0.05, 0.1) is 29.9 Å². The van der Waals surface area contributed by atoms with Crippen LogP contribution in [0, 0.1) is 5.41 Å². The van der Waals surface area contributed by atoms with Gasteiger partial charge in [-0.2, -0.15) is 0 Å². The summed E-state index contributed by atoms with van der Waals surface area (Å²) in [5, 5.41) is 8.78. The Balaban J connectivity index is 1.54. The van der Waals surface area contributed by atoms with Crippen LogP contribution in [-0.2, 0) is 10.0 Å². The third kappa shape index (κ3) is 4.54. The van der Waals surface area contributed by atoms with Crippen molar-refractivity contribution in [2.45, 2.75) is 0 Å². The van der Waals surface area contributed by atoms with Gasteiger partial charge in [0.2, 0.25) is 10.0 Å². The highest BCUT2D eigenvalue weighted by Gasteiger charge is 2.17. The molecule has 0 aromatic carbocycles. The van der Waals surface area contributed by atoms with Crippen LogP contribution in [0.15, 0.2) is 67.6 Å². The Labute approximate surface area is 200 Å². The van der Waals surface area contributed by atoms with Gasteiger partial charge in [-0.3, -0.25) is 25.1 Å². The fraction of sp³-hybridized carbons (Fsp3) is 0.0435. The minimum atomic E-state index is -3.46. The van der Waals surface area contributed by atoms with Gasteiger partial charge in [0.25, 0.3) is 0 Å². The van der Waals surface area contributed by atoms with Crippen LogP contribution in [0.4, 0.5) is 11.5 Å². The molecule has 174 valence electrons. The summed E-state index contributed by atoms with van der Waals surface area (Å²) >= 11 is 0. The first-order chi connectivity index (χ1) is 16.8. The second-order valence-electron chi connectivity index (χ2n) is 7.78. The number of nitrogens with one attached hydrogen (secondary N) is 3. The lowest BCUT2D eigenvalue weighted by molar-refractivity contribution is 0.607. The molecule has 5 aromatic heterocycles. The van der Waals surface area contributed by atoms with Crippen molar-refractivity contribution in [2.75, 3.05) is 16.7 Å². The minimum Gasteiger partial charge on any atom is -0.383 e. The molecule has 11 nitrogen and oxygen atoms in total. The van der Waals surface area contributed by atoms with Crippen LogP contribution in [0.25, 0.3) is 33.3 Å². The van der Waals surface area contributed by atoms with Gasteiger partial charge in [-0.1, -0.05) is 6.07 Å². The number of pyridine rings is 4. The second-order valence-corrected chi connectivity index (χ2v) is 9.53. The topological polar surface area (TPSA) is 176 Å². The Morgan fingerprint density at radius 1 is 1.00 bits per heavy atom. The molecule has 12 heteroatoms. The van der Waals surface area contributed by atoms with Crippen LogP contribution in [0.2, 0.25) is 0 Å². The fourth-order valence-corrected chi connectivity index (χ4v) is 4.15. The van der Waals surface area contributed by atoms with Gasteiger partial charge in [0, 0.05) is 58.8 Å². The van der Waals surface area contributed by atoms with Gasteiger partial charge in [-0.15, -0.1) is 0 Å². The number of nitrogens with two attached hydrogens (primary N) is 1. The van der Waals surface area contributed by atoms with Crippen LogP contribution >= 0.6 is 0 Å². The molecule has 35 heavy (non-hydrogen) atoms. The summed E-state index contributed by atoms with van der Waals surface area (Å²) in [6.07, 6.45) is 12.3. The lowest BCUT2D eigenvalue weighted by atomic mass is 10.0. The van der Waals surface area contributed by atoms with E-state index in [9.17, 15) is 8.42 Å². The van der Waals surface area contributed by atoms with E-state index in [0.717, 1.165) is 17.4 Å². The molecule has 0 aliphatic carbocycles. The highest BCUT2D eigenvalue weighted by molar-refractivity contribution is 7.92. The first-order valence-corrected chi connectivity index (χ1v) is 12.2. The zero-order chi connectivity index (χ0) is 24.6. The average molecular weight is 486 g/mol. The number of H-pyrrole nitrogens is 1. The molecule has 0 radical (unpaired) electrons. The van der Waals surface area contributed by atoms with Crippen LogP contribution in [-0.4, -0.2) is 50.3 Å².